The zero-order valence-corrected chi connectivity index (χ0v) is 7.97. The summed E-state index contributed by atoms with van der Waals surface area (Å²) in [5.74, 6) is 4.76. The standard InChI is InChI=1S/C12H20/c1-2-5-9(4-1)11-7-3-6-10-8-12(10)11/h9-12H,1-8H2. The van der Waals surface area contributed by atoms with Gasteiger partial charge in [-0.25, -0.2) is 0 Å². The van der Waals surface area contributed by atoms with Crippen molar-refractivity contribution >= 4 is 0 Å². The smallest absolute Gasteiger partial charge is 0.0352 e. The van der Waals surface area contributed by atoms with Gasteiger partial charge in [0.1, 0.15) is 0 Å². The highest BCUT2D eigenvalue weighted by molar-refractivity contribution is 4.97. The summed E-state index contributed by atoms with van der Waals surface area (Å²) in [4.78, 5) is 0. The molecule has 0 heterocycles. The van der Waals surface area contributed by atoms with Crippen LogP contribution >= 0.6 is 0 Å². The van der Waals surface area contributed by atoms with E-state index in [9.17, 15) is 0 Å². The first-order valence-electron chi connectivity index (χ1n) is 5.95. The lowest BCUT2D eigenvalue weighted by molar-refractivity contribution is 0.233. The van der Waals surface area contributed by atoms with Gasteiger partial charge in [-0.3, -0.25) is 0 Å². The molecule has 0 aromatic rings. The van der Waals surface area contributed by atoms with Crippen LogP contribution < -0.4 is 0 Å². The minimum Gasteiger partial charge on any atom is -0.0530 e. The van der Waals surface area contributed by atoms with Gasteiger partial charge in [-0.1, -0.05) is 38.5 Å². The van der Waals surface area contributed by atoms with Crippen LogP contribution in [0.15, 0.2) is 0 Å². The first-order chi connectivity index (χ1) is 5.95. The summed E-state index contributed by atoms with van der Waals surface area (Å²) in [6.07, 6.45) is 12.6. The largest absolute Gasteiger partial charge is 0.0530 e. The lowest BCUT2D eigenvalue weighted by Crippen LogP contribution is -2.18. The number of hydrogen-bond acceptors (Lipinski definition) is 0. The second-order valence-corrected chi connectivity index (χ2v) is 5.30. The number of hydrogen-bond donors (Lipinski definition) is 0. The molecule has 0 amide bonds. The second-order valence-electron chi connectivity index (χ2n) is 5.30. The molecule has 3 rings (SSSR count). The molecule has 0 saturated heterocycles. The van der Waals surface area contributed by atoms with Crippen LogP contribution in [-0.4, -0.2) is 0 Å². The summed E-state index contributed by atoms with van der Waals surface area (Å²) in [5.41, 5.74) is 0. The fraction of sp³-hybridized carbons (Fsp3) is 1.00. The highest BCUT2D eigenvalue weighted by Crippen LogP contribution is 2.57. The maximum absolute atomic E-state index is 1.61. The molecule has 0 spiro atoms. The third-order valence-electron chi connectivity index (χ3n) is 4.64. The molecule has 12 heavy (non-hydrogen) atoms. The molecule has 68 valence electrons. The average molecular weight is 164 g/mol. The van der Waals surface area contributed by atoms with Crippen molar-refractivity contribution in [3.05, 3.63) is 0 Å². The van der Waals surface area contributed by atoms with Gasteiger partial charge in [0.2, 0.25) is 0 Å². The van der Waals surface area contributed by atoms with Gasteiger partial charge in [-0.2, -0.15) is 0 Å². The summed E-state index contributed by atoms with van der Waals surface area (Å²) < 4.78 is 0. The molecule has 0 nitrogen and oxygen atoms in total. The Morgan fingerprint density at radius 2 is 1.33 bits per heavy atom. The summed E-state index contributed by atoms with van der Waals surface area (Å²) in [6.45, 7) is 0. The molecule has 3 aliphatic rings. The lowest BCUT2D eigenvalue weighted by atomic mass is 9.79. The maximum Gasteiger partial charge on any atom is -0.0352 e. The van der Waals surface area contributed by atoms with E-state index in [4.69, 9.17) is 0 Å². The molecule has 0 radical (unpaired) electrons. The summed E-state index contributed by atoms with van der Waals surface area (Å²) in [6, 6.07) is 0. The fourth-order valence-electron chi connectivity index (χ4n) is 3.93. The van der Waals surface area contributed by atoms with Gasteiger partial charge in [0, 0.05) is 0 Å². The van der Waals surface area contributed by atoms with Crippen LogP contribution in [0, 0.1) is 23.7 Å². The molecule has 0 heteroatoms. The third-order valence-corrected chi connectivity index (χ3v) is 4.64. The van der Waals surface area contributed by atoms with Crippen LogP contribution in [-0.2, 0) is 0 Å². The van der Waals surface area contributed by atoms with Crippen molar-refractivity contribution in [2.24, 2.45) is 23.7 Å². The van der Waals surface area contributed by atoms with Gasteiger partial charge < -0.3 is 0 Å². The lowest BCUT2D eigenvalue weighted by Gasteiger charge is -2.27. The van der Waals surface area contributed by atoms with E-state index in [-0.39, 0.29) is 0 Å². The third kappa shape index (κ3) is 1.11. The molecule has 0 aromatic carbocycles. The molecule has 0 aromatic heterocycles. The van der Waals surface area contributed by atoms with Crippen molar-refractivity contribution in [3.8, 4) is 0 Å². The Balaban J connectivity index is 1.66. The van der Waals surface area contributed by atoms with E-state index in [0.29, 0.717) is 0 Å². The molecule has 0 bridgehead atoms. The van der Waals surface area contributed by atoms with Crippen molar-refractivity contribution < 1.29 is 0 Å². The van der Waals surface area contributed by atoms with Crippen LogP contribution in [0.5, 0.6) is 0 Å². The zero-order chi connectivity index (χ0) is 7.97. The Morgan fingerprint density at radius 3 is 2.17 bits per heavy atom. The van der Waals surface area contributed by atoms with Crippen molar-refractivity contribution in [3.63, 3.8) is 0 Å². The Morgan fingerprint density at radius 1 is 0.583 bits per heavy atom. The topological polar surface area (TPSA) is 0 Å². The number of rotatable bonds is 1. The van der Waals surface area contributed by atoms with E-state index < -0.39 is 0 Å². The fourth-order valence-corrected chi connectivity index (χ4v) is 3.93. The van der Waals surface area contributed by atoms with Crippen molar-refractivity contribution in [2.75, 3.05) is 0 Å². The first kappa shape index (κ1) is 7.41. The molecule has 3 fully saturated rings. The SMILES string of the molecule is C1CCC(C2CCCC3CC32)C1. The highest BCUT2D eigenvalue weighted by Gasteiger charge is 2.47. The number of fused-ring (bicyclic) bond motifs is 1. The minimum absolute atomic E-state index is 1.17. The van der Waals surface area contributed by atoms with E-state index in [1.54, 1.807) is 51.4 Å². The average Bonchev–Trinajstić information content (AvgIpc) is 2.70. The van der Waals surface area contributed by atoms with Crippen molar-refractivity contribution in [1.82, 2.24) is 0 Å². The van der Waals surface area contributed by atoms with Crippen LogP contribution in [0.3, 0.4) is 0 Å². The van der Waals surface area contributed by atoms with E-state index >= 15 is 0 Å². The first-order valence-corrected chi connectivity index (χ1v) is 5.95. The van der Waals surface area contributed by atoms with Crippen LogP contribution in [0.4, 0.5) is 0 Å². The second kappa shape index (κ2) is 2.75. The van der Waals surface area contributed by atoms with Crippen molar-refractivity contribution in [1.29, 1.82) is 0 Å². The van der Waals surface area contributed by atoms with Gasteiger partial charge in [-0.05, 0) is 36.5 Å². The Kier molecular flexibility index (Phi) is 1.70. The molecule has 3 atom stereocenters. The Bertz CT molecular complexity index is 167. The quantitative estimate of drug-likeness (QED) is 0.555. The Labute approximate surface area is 75.7 Å². The summed E-state index contributed by atoms with van der Waals surface area (Å²) >= 11 is 0. The maximum atomic E-state index is 1.61. The highest BCUT2D eigenvalue weighted by atomic mass is 14.5. The molecule has 3 unspecified atom stereocenters. The molecule has 0 aliphatic heterocycles. The summed E-state index contributed by atoms with van der Waals surface area (Å²) in [5, 5.41) is 0. The van der Waals surface area contributed by atoms with Crippen molar-refractivity contribution in [2.45, 2.75) is 51.4 Å². The van der Waals surface area contributed by atoms with Gasteiger partial charge in [-0.15, -0.1) is 0 Å². The molecule has 3 saturated carbocycles. The van der Waals surface area contributed by atoms with Gasteiger partial charge >= 0.3 is 0 Å². The zero-order valence-electron chi connectivity index (χ0n) is 7.97. The van der Waals surface area contributed by atoms with E-state index in [2.05, 4.69) is 0 Å². The van der Waals surface area contributed by atoms with E-state index in [1.807, 2.05) is 0 Å². The van der Waals surface area contributed by atoms with Crippen LogP contribution in [0.1, 0.15) is 51.4 Å². The van der Waals surface area contributed by atoms with E-state index in [0.717, 1.165) is 0 Å². The predicted molar refractivity (Wildman–Crippen MR) is 50.9 cm³/mol. The van der Waals surface area contributed by atoms with Gasteiger partial charge in [0.25, 0.3) is 0 Å². The van der Waals surface area contributed by atoms with Crippen LogP contribution in [0.25, 0.3) is 0 Å². The normalized spacial score (nSPS) is 47.5. The van der Waals surface area contributed by atoms with Gasteiger partial charge in [0.15, 0.2) is 0 Å². The van der Waals surface area contributed by atoms with E-state index in [1.165, 1.54) is 23.7 Å². The summed E-state index contributed by atoms with van der Waals surface area (Å²) in [7, 11) is 0. The monoisotopic (exact) mass is 164 g/mol. The minimum atomic E-state index is 1.17. The van der Waals surface area contributed by atoms with Crippen LogP contribution in [0.2, 0.25) is 0 Å². The predicted octanol–water partition coefficient (Wildman–Crippen LogP) is 3.61. The van der Waals surface area contributed by atoms with Gasteiger partial charge in [0.05, 0.1) is 0 Å². The molecular formula is C12H20. The molecule has 0 N–H and O–H groups in total. The molecule has 3 aliphatic carbocycles. The Hall–Kier alpha value is 0. The molecular weight excluding hydrogens is 144 g/mol.